The first-order valence-corrected chi connectivity index (χ1v) is 7.45. The largest absolute Gasteiger partial charge is 0.404 e. The van der Waals surface area contributed by atoms with Crippen molar-refractivity contribution in [2.45, 2.75) is 57.7 Å². The molecule has 3 nitrogen and oxygen atoms in total. The van der Waals surface area contributed by atoms with E-state index in [-0.39, 0.29) is 25.6 Å². The topological polar surface area (TPSA) is 41.1 Å². The summed E-state index contributed by atoms with van der Waals surface area (Å²) < 4.78 is 39.8. The Morgan fingerprint density at radius 2 is 1.95 bits per heavy atom. The fourth-order valence-corrected chi connectivity index (χ4v) is 3.35. The Balaban J connectivity index is 2.02. The summed E-state index contributed by atoms with van der Waals surface area (Å²) in [4.78, 5) is 12.2. The molecule has 0 radical (unpaired) electrons. The zero-order valence-corrected chi connectivity index (χ0v) is 11.9. The summed E-state index contributed by atoms with van der Waals surface area (Å²) in [5.74, 6) is -0.541. The molecule has 1 unspecified atom stereocenters. The van der Waals surface area contributed by atoms with Gasteiger partial charge in [0.25, 0.3) is 0 Å². The van der Waals surface area contributed by atoms with Gasteiger partial charge in [-0.05, 0) is 38.6 Å². The van der Waals surface area contributed by atoms with Gasteiger partial charge in [-0.25, -0.2) is 0 Å². The molecule has 6 heteroatoms. The van der Waals surface area contributed by atoms with Crippen molar-refractivity contribution in [1.82, 2.24) is 10.6 Å². The molecule has 1 heterocycles. The third-order valence-corrected chi connectivity index (χ3v) is 4.85. The lowest BCUT2D eigenvalue weighted by Gasteiger charge is -2.34. The van der Waals surface area contributed by atoms with E-state index in [9.17, 15) is 18.0 Å². The van der Waals surface area contributed by atoms with Crippen LogP contribution in [-0.4, -0.2) is 31.2 Å². The second-order valence-electron chi connectivity index (χ2n) is 6.17. The van der Waals surface area contributed by atoms with Crippen LogP contribution in [0.3, 0.4) is 0 Å². The van der Waals surface area contributed by atoms with Crippen LogP contribution in [0.4, 0.5) is 13.2 Å². The predicted molar refractivity (Wildman–Crippen MR) is 70.2 cm³/mol. The number of halogens is 3. The number of rotatable bonds is 3. The zero-order valence-electron chi connectivity index (χ0n) is 11.9. The van der Waals surface area contributed by atoms with Crippen molar-refractivity contribution < 1.29 is 18.0 Å². The quantitative estimate of drug-likeness (QED) is 0.839. The Labute approximate surface area is 117 Å². The molecular weight excluding hydrogens is 269 g/mol. The number of alkyl halides is 3. The van der Waals surface area contributed by atoms with Crippen molar-refractivity contribution in [2.24, 2.45) is 11.3 Å². The number of carbonyl (C=O) groups excluding carboxylic acids is 1. The minimum absolute atomic E-state index is 0.167. The molecule has 1 saturated heterocycles. The molecule has 2 fully saturated rings. The van der Waals surface area contributed by atoms with Crippen LogP contribution in [0, 0.1) is 11.3 Å². The molecule has 2 rings (SSSR count). The van der Waals surface area contributed by atoms with E-state index in [1.54, 1.807) is 0 Å². The van der Waals surface area contributed by atoms with E-state index < -0.39 is 17.5 Å². The summed E-state index contributed by atoms with van der Waals surface area (Å²) in [6.45, 7) is 1.77. The van der Waals surface area contributed by atoms with E-state index >= 15 is 0 Å². The maximum Gasteiger partial charge on any atom is 0.404 e. The lowest BCUT2D eigenvalue weighted by molar-refractivity contribution is -0.216. The standard InChI is InChI=1S/C14H23F3N2O/c1-10(11-5-3-2-4-6-11)19-12(20)13(14(15,16)17)7-8-18-9-13/h10-11,18H,2-9H2,1H3,(H,19,20)/t10-,13?/m1/s1. The molecule has 116 valence electrons. The average molecular weight is 292 g/mol. The smallest absolute Gasteiger partial charge is 0.353 e. The average Bonchev–Trinajstić information content (AvgIpc) is 2.90. The van der Waals surface area contributed by atoms with Crippen LogP contribution >= 0.6 is 0 Å². The minimum Gasteiger partial charge on any atom is -0.353 e. The Bertz CT molecular complexity index is 345. The van der Waals surface area contributed by atoms with Crippen molar-refractivity contribution in [3.05, 3.63) is 0 Å². The Morgan fingerprint density at radius 3 is 2.45 bits per heavy atom. The number of nitrogens with one attached hydrogen (secondary N) is 2. The fourth-order valence-electron chi connectivity index (χ4n) is 3.35. The van der Waals surface area contributed by atoms with Crippen LogP contribution in [-0.2, 0) is 4.79 Å². The lowest BCUT2D eigenvalue weighted by Crippen LogP contribution is -2.55. The minimum atomic E-state index is -4.49. The molecule has 1 aliphatic heterocycles. The molecule has 2 atom stereocenters. The van der Waals surface area contributed by atoms with Gasteiger partial charge in [0.2, 0.25) is 5.91 Å². The van der Waals surface area contributed by atoms with Gasteiger partial charge in [-0.1, -0.05) is 19.3 Å². The Kier molecular flexibility index (Phi) is 4.62. The number of hydrogen-bond donors (Lipinski definition) is 2. The highest BCUT2D eigenvalue weighted by Crippen LogP contribution is 2.43. The van der Waals surface area contributed by atoms with Crippen molar-refractivity contribution >= 4 is 5.91 Å². The highest BCUT2D eigenvalue weighted by molar-refractivity contribution is 5.84. The number of carbonyl (C=O) groups is 1. The Morgan fingerprint density at radius 1 is 1.30 bits per heavy atom. The van der Waals surface area contributed by atoms with Gasteiger partial charge in [-0.15, -0.1) is 0 Å². The molecule has 0 spiro atoms. The second kappa shape index (κ2) is 5.92. The van der Waals surface area contributed by atoms with Crippen molar-refractivity contribution in [3.63, 3.8) is 0 Å². The predicted octanol–water partition coefficient (Wildman–Crippen LogP) is 2.61. The van der Waals surface area contributed by atoms with Gasteiger partial charge in [0, 0.05) is 12.6 Å². The first kappa shape index (κ1) is 15.6. The third kappa shape index (κ3) is 2.95. The van der Waals surface area contributed by atoms with E-state index in [1.807, 2.05) is 6.92 Å². The summed E-state index contributed by atoms with van der Waals surface area (Å²) in [7, 11) is 0. The first-order chi connectivity index (χ1) is 9.37. The SMILES string of the molecule is C[C@@H](NC(=O)C1(C(F)(F)F)CCNC1)C1CCCCC1. The highest BCUT2D eigenvalue weighted by atomic mass is 19.4. The van der Waals surface area contributed by atoms with E-state index in [2.05, 4.69) is 10.6 Å². The van der Waals surface area contributed by atoms with Gasteiger partial charge in [0.05, 0.1) is 0 Å². The summed E-state index contributed by atoms with van der Waals surface area (Å²) in [6.07, 6.45) is 0.741. The van der Waals surface area contributed by atoms with E-state index in [0.29, 0.717) is 5.92 Å². The van der Waals surface area contributed by atoms with Gasteiger partial charge in [-0.3, -0.25) is 4.79 Å². The van der Waals surface area contributed by atoms with Crippen LogP contribution in [0.15, 0.2) is 0 Å². The summed E-state index contributed by atoms with van der Waals surface area (Å²) >= 11 is 0. The van der Waals surface area contributed by atoms with Crippen LogP contribution < -0.4 is 10.6 Å². The molecule has 20 heavy (non-hydrogen) atoms. The van der Waals surface area contributed by atoms with Gasteiger partial charge < -0.3 is 10.6 Å². The lowest BCUT2D eigenvalue weighted by atomic mass is 9.82. The highest BCUT2D eigenvalue weighted by Gasteiger charge is 2.61. The van der Waals surface area contributed by atoms with Crippen molar-refractivity contribution in [1.29, 1.82) is 0 Å². The number of hydrogen-bond acceptors (Lipinski definition) is 2. The van der Waals surface area contributed by atoms with Crippen LogP contribution in [0.5, 0.6) is 0 Å². The van der Waals surface area contributed by atoms with E-state index in [1.165, 1.54) is 6.42 Å². The first-order valence-electron chi connectivity index (χ1n) is 7.45. The number of amides is 1. The van der Waals surface area contributed by atoms with Crippen LogP contribution in [0.25, 0.3) is 0 Å². The summed E-state index contributed by atoms with van der Waals surface area (Å²) in [5, 5.41) is 5.31. The maximum absolute atomic E-state index is 13.3. The molecule has 0 aromatic heterocycles. The monoisotopic (exact) mass is 292 g/mol. The van der Waals surface area contributed by atoms with Gasteiger partial charge in [-0.2, -0.15) is 13.2 Å². The molecule has 1 saturated carbocycles. The fraction of sp³-hybridized carbons (Fsp3) is 0.929. The molecular formula is C14H23F3N2O. The summed E-state index contributed by atoms with van der Waals surface area (Å²) in [6, 6.07) is -0.178. The van der Waals surface area contributed by atoms with Gasteiger partial charge >= 0.3 is 6.18 Å². The Hall–Kier alpha value is -0.780. The molecule has 2 aliphatic rings. The van der Waals surface area contributed by atoms with Gasteiger partial charge in [0.1, 0.15) is 0 Å². The third-order valence-electron chi connectivity index (χ3n) is 4.85. The molecule has 1 aliphatic carbocycles. The molecule has 0 aromatic rings. The maximum atomic E-state index is 13.3. The molecule has 2 N–H and O–H groups in total. The molecule has 0 bridgehead atoms. The molecule has 0 aromatic carbocycles. The van der Waals surface area contributed by atoms with Crippen LogP contribution in [0.2, 0.25) is 0 Å². The van der Waals surface area contributed by atoms with Crippen LogP contribution in [0.1, 0.15) is 45.4 Å². The second-order valence-corrected chi connectivity index (χ2v) is 6.17. The zero-order chi connectivity index (χ0) is 14.8. The van der Waals surface area contributed by atoms with Crippen molar-refractivity contribution in [2.75, 3.05) is 13.1 Å². The van der Waals surface area contributed by atoms with Gasteiger partial charge in [0.15, 0.2) is 5.41 Å². The summed E-state index contributed by atoms with van der Waals surface area (Å²) in [5.41, 5.74) is -2.24. The molecule has 1 amide bonds. The van der Waals surface area contributed by atoms with Crippen molar-refractivity contribution in [3.8, 4) is 0 Å². The normalized spacial score (nSPS) is 30.2. The van der Waals surface area contributed by atoms with E-state index in [4.69, 9.17) is 0 Å². The van der Waals surface area contributed by atoms with E-state index in [0.717, 1.165) is 25.7 Å².